The van der Waals surface area contributed by atoms with Gasteiger partial charge in [-0.15, -0.1) is 0 Å². The fraction of sp³-hybridized carbons (Fsp3) is 0.364. The van der Waals surface area contributed by atoms with Crippen LogP contribution in [0.4, 0.5) is 16.2 Å². The summed E-state index contributed by atoms with van der Waals surface area (Å²) in [4.78, 5) is 21.7. The number of hydrogen-bond donors (Lipinski definition) is 2. The molecular formula is C11H15N3O4. The Morgan fingerprint density at radius 1 is 1.50 bits per heavy atom. The highest BCUT2D eigenvalue weighted by Gasteiger charge is 2.16. The molecule has 0 aliphatic carbocycles. The summed E-state index contributed by atoms with van der Waals surface area (Å²) in [5.74, 6) is 0.362. The minimum Gasteiger partial charge on any atom is -0.496 e. The monoisotopic (exact) mass is 253 g/mol. The molecule has 0 aliphatic rings. The van der Waals surface area contributed by atoms with Crippen molar-refractivity contribution >= 4 is 17.4 Å². The second kappa shape index (κ2) is 6.43. The lowest BCUT2D eigenvalue weighted by atomic mass is 10.2. The quantitative estimate of drug-likeness (QED) is 0.621. The number of urea groups is 1. The molecule has 1 aromatic rings. The normalized spacial score (nSPS) is 9.67. The Kier molecular flexibility index (Phi) is 4.91. The summed E-state index contributed by atoms with van der Waals surface area (Å²) in [6.07, 6.45) is 0.790. The van der Waals surface area contributed by atoms with E-state index in [0.717, 1.165) is 6.42 Å². The smallest absolute Gasteiger partial charge is 0.319 e. The van der Waals surface area contributed by atoms with Crippen LogP contribution in [0, 0.1) is 10.1 Å². The number of rotatable bonds is 5. The van der Waals surface area contributed by atoms with E-state index in [-0.39, 0.29) is 11.4 Å². The number of nitrogens with one attached hydrogen (secondary N) is 2. The highest BCUT2D eigenvalue weighted by atomic mass is 16.6. The molecule has 0 spiro atoms. The van der Waals surface area contributed by atoms with Gasteiger partial charge in [0, 0.05) is 6.54 Å². The molecule has 0 fully saturated rings. The van der Waals surface area contributed by atoms with E-state index in [1.165, 1.54) is 19.2 Å². The third-order valence-corrected chi connectivity index (χ3v) is 2.19. The van der Waals surface area contributed by atoms with Crippen LogP contribution in [-0.4, -0.2) is 24.6 Å². The standard InChI is InChI=1S/C11H15N3O4/c1-3-6-12-11(15)13-9-5-4-8(18-2)7-10(9)14(16)17/h4-5,7H,3,6H2,1-2H3,(H2,12,13,15). The fourth-order valence-electron chi connectivity index (χ4n) is 1.30. The number of hydrogen-bond acceptors (Lipinski definition) is 4. The molecule has 0 unspecified atom stereocenters. The number of nitro groups is 1. The van der Waals surface area contributed by atoms with Crippen molar-refractivity contribution in [1.82, 2.24) is 5.32 Å². The molecule has 0 heterocycles. The van der Waals surface area contributed by atoms with E-state index < -0.39 is 11.0 Å². The topological polar surface area (TPSA) is 93.5 Å². The Balaban J connectivity index is 2.87. The van der Waals surface area contributed by atoms with Crippen LogP contribution in [0.1, 0.15) is 13.3 Å². The van der Waals surface area contributed by atoms with E-state index in [9.17, 15) is 14.9 Å². The predicted octanol–water partition coefficient (Wildman–Crippen LogP) is 2.13. The molecule has 0 atom stereocenters. The summed E-state index contributed by atoms with van der Waals surface area (Å²) >= 11 is 0. The van der Waals surface area contributed by atoms with E-state index in [1.807, 2.05) is 6.92 Å². The molecule has 0 bridgehead atoms. The van der Waals surface area contributed by atoms with Crippen LogP contribution in [-0.2, 0) is 0 Å². The number of methoxy groups -OCH3 is 1. The van der Waals surface area contributed by atoms with E-state index in [0.29, 0.717) is 12.3 Å². The van der Waals surface area contributed by atoms with Gasteiger partial charge in [-0.05, 0) is 18.6 Å². The van der Waals surface area contributed by atoms with Gasteiger partial charge in [0.1, 0.15) is 11.4 Å². The van der Waals surface area contributed by atoms with Crippen LogP contribution in [0.3, 0.4) is 0 Å². The van der Waals surface area contributed by atoms with Crippen molar-refractivity contribution in [2.45, 2.75) is 13.3 Å². The summed E-state index contributed by atoms with van der Waals surface area (Å²) in [7, 11) is 1.42. The number of carbonyl (C=O) groups excluding carboxylic acids is 1. The van der Waals surface area contributed by atoms with Gasteiger partial charge in [-0.1, -0.05) is 6.92 Å². The summed E-state index contributed by atoms with van der Waals surface area (Å²) < 4.78 is 4.90. The van der Waals surface area contributed by atoms with Crippen molar-refractivity contribution in [2.24, 2.45) is 0 Å². The largest absolute Gasteiger partial charge is 0.496 e. The van der Waals surface area contributed by atoms with Gasteiger partial charge in [0.25, 0.3) is 5.69 Å². The molecule has 1 aromatic carbocycles. The Labute approximate surface area is 104 Å². The van der Waals surface area contributed by atoms with Gasteiger partial charge in [0.15, 0.2) is 0 Å². The molecule has 7 heteroatoms. The number of amides is 2. The van der Waals surface area contributed by atoms with Crippen molar-refractivity contribution in [3.8, 4) is 5.75 Å². The number of benzene rings is 1. The van der Waals surface area contributed by atoms with Crippen molar-refractivity contribution in [1.29, 1.82) is 0 Å². The summed E-state index contributed by atoms with van der Waals surface area (Å²) in [6, 6.07) is 3.77. The lowest BCUT2D eigenvalue weighted by molar-refractivity contribution is -0.384. The molecule has 1 rings (SSSR count). The fourth-order valence-corrected chi connectivity index (χ4v) is 1.30. The van der Waals surface area contributed by atoms with Crippen LogP contribution < -0.4 is 15.4 Å². The molecular weight excluding hydrogens is 238 g/mol. The molecule has 0 radical (unpaired) electrons. The molecule has 7 nitrogen and oxygen atoms in total. The van der Waals surface area contributed by atoms with Crippen molar-refractivity contribution in [2.75, 3.05) is 19.0 Å². The number of carbonyl (C=O) groups is 1. The van der Waals surface area contributed by atoms with E-state index in [1.54, 1.807) is 6.07 Å². The van der Waals surface area contributed by atoms with Crippen LogP contribution in [0.25, 0.3) is 0 Å². The molecule has 0 aromatic heterocycles. The first-order chi connectivity index (χ1) is 8.58. The van der Waals surface area contributed by atoms with Gasteiger partial charge in [-0.2, -0.15) is 0 Å². The maximum absolute atomic E-state index is 11.4. The minimum atomic E-state index is -0.571. The van der Waals surface area contributed by atoms with Gasteiger partial charge in [0.05, 0.1) is 18.1 Å². The van der Waals surface area contributed by atoms with Crippen molar-refractivity contribution < 1.29 is 14.5 Å². The third-order valence-electron chi connectivity index (χ3n) is 2.19. The number of ether oxygens (including phenoxy) is 1. The van der Waals surface area contributed by atoms with Crippen LogP contribution >= 0.6 is 0 Å². The lowest BCUT2D eigenvalue weighted by Gasteiger charge is -2.08. The average Bonchev–Trinajstić information content (AvgIpc) is 2.36. The Hall–Kier alpha value is -2.31. The first-order valence-electron chi connectivity index (χ1n) is 5.45. The molecule has 0 aliphatic heterocycles. The minimum absolute atomic E-state index is 0.134. The maximum atomic E-state index is 11.4. The molecule has 2 N–H and O–H groups in total. The van der Waals surface area contributed by atoms with Crippen LogP contribution in [0.2, 0.25) is 0 Å². The highest BCUT2D eigenvalue weighted by Crippen LogP contribution is 2.28. The second-order valence-electron chi connectivity index (χ2n) is 3.52. The van der Waals surface area contributed by atoms with Gasteiger partial charge >= 0.3 is 6.03 Å². The molecule has 98 valence electrons. The average molecular weight is 253 g/mol. The first kappa shape index (κ1) is 13.8. The Bertz CT molecular complexity index is 448. The molecule has 18 heavy (non-hydrogen) atoms. The van der Waals surface area contributed by atoms with Crippen molar-refractivity contribution in [3.05, 3.63) is 28.3 Å². The maximum Gasteiger partial charge on any atom is 0.319 e. The predicted molar refractivity (Wildman–Crippen MR) is 67.0 cm³/mol. The number of nitro benzene ring substituents is 1. The first-order valence-corrected chi connectivity index (χ1v) is 5.45. The zero-order chi connectivity index (χ0) is 13.5. The van der Waals surface area contributed by atoms with E-state index in [2.05, 4.69) is 10.6 Å². The van der Waals surface area contributed by atoms with E-state index >= 15 is 0 Å². The summed E-state index contributed by atoms with van der Waals surface area (Å²) in [5, 5.41) is 15.9. The van der Waals surface area contributed by atoms with Gasteiger partial charge in [-0.25, -0.2) is 4.79 Å². The Morgan fingerprint density at radius 2 is 2.22 bits per heavy atom. The Morgan fingerprint density at radius 3 is 2.78 bits per heavy atom. The molecule has 0 saturated heterocycles. The van der Waals surface area contributed by atoms with Gasteiger partial charge in [0.2, 0.25) is 0 Å². The molecule has 2 amide bonds. The third kappa shape index (κ3) is 3.62. The SMILES string of the molecule is CCCNC(=O)Nc1ccc(OC)cc1[N+](=O)[O-]. The van der Waals surface area contributed by atoms with Crippen molar-refractivity contribution in [3.63, 3.8) is 0 Å². The zero-order valence-corrected chi connectivity index (χ0v) is 10.2. The number of nitrogens with zero attached hydrogens (tertiary/aromatic N) is 1. The van der Waals surface area contributed by atoms with Gasteiger partial charge in [-0.3, -0.25) is 10.1 Å². The summed E-state index contributed by atoms with van der Waals surface area (Å²) in [6.45, 7) is 2.42. The summed E-state index contributed by atoms with van der Waals surface area (Å²) in [5.41, 5.74) is -0.0737. The zero-order valence-electron chi connectivity index (χ0n) is 10.2. The van der Waals surface area contributed by atoms with E-state index in [4.69, 9.17) is 4.74 Å². The van der Waals surface area contributed by atoms with Crippen LogP contribution in [0.15, 0.2) is 18.2 Å². The van der Waals surface area contributed by atoms with Gasteiger partial charge < -0.3 is 15.4 Å². The van der Waals surface area contributed by atoms with Crippen LogP contribution in [0.5, 0.6) is 5.75 Å². The highest BCUT2D eigenvalue weighted by molar-refractivity contribution is 5.91. The lowest BCUT2D eigenvalue weighted by Crippen LogP contribution is -2.29. The second-order valence-corrected chi connectivity index (χ2v) is 3.52. The number of anilines is 1. The molecule has 0 saturated carbocycles.